The Hall–Kier alpha value is -1.28. The maximum atomic E-state index is 2.71. The largest absolute Gasteiger partial charge is 0.369 e. The zero-order valence-corrected chi connectivity index (χ0v) is 24.6. The van der Waals surface area contributed by atoms with Crippen LogP contribution >= 0.6 is 0 Å². The van der Waals surface area contributed by atoms with Crippen molar-refractivity contribution in [3.05, 3.63) is 35.4 Å². The van der Waals surface area contributed by atoms with E-state index < -0.39 is 0 Å². The van der Waals surface area contributed by atoms with Crippen molar-refractivity contribution in [2.45, 2.75) is 107 Å². The molecule has 0 N–H and O–H groups in total. The summed E-state index contributed by atoms with van der Waals surface area (Å²) in [6.45, 7) is 28.0. The third-order valence-corrected chi connectivity index (χ3v) is 8.81. The maximum Gasteiger partial charge on any atom is 0.0402 e. The Morgan fingerprint density at radius 2 is 1.43 bits per heavy atom. The van der Waals surface area contributed by atoms with E-state index in [-0.39, 0.29) is 5.41 Å². The number of anilines is 1. The third kappa shape index (κ3) is 6.54. The Morgan fingerprint density at radius 1 is 0.800 bits per heavy atom. The first kappa shape index (κ1) is 26.8. The maximum absolute atomic E-state index is 2.71. The summed E-state index contributed by atoms with van der Waals surface area (Å²) >= 11 is 0. The highest BCUT2D eigenvalue weighted by molar-refractivity contribution is 5.72. The van der Waals surface area contributed by atoms with Crippen LogP contribution in [0.2, 0.25) is 0 Å². The molecular formula is C33H54N2. The SMILES string of the molecule is CCCN1CCN(c2ccc(C3=CC(C)(C)CC(C)(C)C3)cc2C2CC(C)(C)CC(C)(C)C2)CC1. The summed E-state index contributed by atoms with van der Waals surface area (Å²) in [5, 5.41) is 0. The van der Waals surface area contributed by atoms with Crippen LogP contribution in [0, 0.1) is 21.7 Å². The van der Waals surface area contributed by atoms with Crippen LogP contribution in [0.15, 0.2) is 24.3 Å². The number of allylic oxidation sites excluding steroid dienone is 2. The van der Waals surface area contributed by atoms with Crippen molar-refractivity contribution in [1.29, 1.82) is 0 Å². The average molecular weight is 479 g/mol. The second-order valence-corrected chi connectivity index (χ2v) is 15.4. The van der Waals surface area contributed by atoms with Gasteiger partial charge in [-0.25, -0.2) is 0 Å². The van der Waals surface area contributed by atoms with Crippen molar-refractivity contribution in [3.63, 3.8) is 0 Å². The predicted molar refractivity (Wildman–Crippen MR) is 154 cm³/mol. The fourth-order valence-corrected chi connectivity index (χ4v) is 8.53. The second-order valence-electron chi connectivity index (χ2n) is 15.4. The van der Waals surface area contributed by atoms with Gasteiger partial charge in [0, 0.05) is 31.9 Å². The second kappa shape index (κ2) is 9.55. The van der Waals surface area contributed by atoms with Crippen molar-refractivity contribution in [2.75, 3.05) is 37.6 Å². The first-order valence-corrected chi connectivity index (χ1v) is 14.5. The van der Waals surface area contributed by atoms with Crippen LogP contribution in [0.1, 0.15) is 118 Å². The highest BCUT2D eigenvalue weighted by atomic mass is 15.3. The standard InChI is InChI=1S/C33H54N2/c1-10-13-34-14-16-35(17-15-34)29-12-11-25(26-19-30(2,3)23-31(4,5)20-26)18-28(29)27-21-32(6,7)24-33(8,9)22-27/h11-12,18-19,27H,10,13-17,20-24H2,1-9H3. The van der Waals surface area contributed by atoms with E-state index in [4.69, 9.17) is 0 Å². The monoisotopic (exact) mass is 478 g/mol. The van der Waals surface area contributed by atoms with Crippen LogP contribution in [0.5, 0.6) is 0 Å². The van der Waals surface area contributed by atoms with Gasteiger partial charge < -0.3 is 4.90 Å². The van der Waals surface area contributed by atoms with E-state index in [1.807, 2.05) is 0 Å². The summed E-state index contributed by atoms with van der Waals surface area (Å²) in [7, 11) is 0. The van der Waals surface area contributed by atoms with E-state index in [0.29, 0.717) is 22.2 Å². The molecule has 0 atom stereocenters. The minimum atomic E-state index is 0.264. The Kier molecular flexibility index (Phi) is 7.30. The molecule has 0 unspecified atom stereocenters. The van der Waals surface area contributed by atoms with E-state index in [2.05, 4.69) is 96.4 Å². The van der Waals surface area contributed by atoms with Crippen molar-refractivity contribution in [2.24, 2.45) is 21.7 Å². The molecule has 0 amide bonds. The molecular weight excluding hydrogens is 424 g/mol. The molecule has 2 nitrogen and oxygen atoms in total. The molecule has 35 heavy (non-hydrogen) atoms. The molecule has 1 heterocycles. The average Bonchev–Trinajstić information content (AvgIpc) is 2.70. The van der Waals surface area contributed by atoms with Crippen LogP contribution in [-0.2, 0) is 0 Å². The topological polar surface area (TPSA) is 6.48 Å². The first-order valence-electron chi connectivity index (χ1n) is 14.5. The highest BCUT2D eigenvalue weighted by Crippen LogP contribution is 2.54. The number of benzene rings is 1. The summed E-state index contributed by atoms with van der Waals surface area (Å²) in [6, 6.07) is 7.60. The van der Waals surface area contributed by atoms with E-state index in [9.17, 15) is 0 Å². The van der Waals surface area contributed by atoms with Gasteiger partial charge in [0.1, 0.15) is 0 Å². The molecule has 1 saturated heterocycles. The number of piperazine rings is 1. The zero-order valence-electron chi connectivity index (χ0n) is 24.6. The summed E-state index contributed by atoms with van der Waals surface area (Å²) in [5.41, 5.74) is 7.63. The molecule has 1 aliphatic heterocycles. The van der Waals surface area contributed by atoms with Crippen LogP contribution in [-0.4, -0.2) is 37.6 Å². The van der Waals surface area contributed by atoms with Crippen molar-refractivity contribution >= 4 is 11.3 Å². The van der Waals surface area contributed by atoms with Crippen molar-refractivity contribution in [1.82, 2.24) is 4.90 Å². The Bertz CT molecular complexity index is 908. The van der Waals surface area contributed by atoms with Crippen LogP contribution < -0.4 is 4.90 Å². The van der Waals surface area contributed by atoms with E-state index in [0.717, 1.165) is 13.1 Å². The van der Waals surface area contributed by atoms with Crippen LogP contribution in [0.3, 0.4) is 0 Å². The van der Waals surface area contributed by atoms with Crippen LogP contribution in [0.4, 0.5) is 5.69 Å². The lowest BCUT2D eigenvalue weighted by molar-refractivity contribution is 0.0969. The minimum Gasteiger partial charge on any atom is -0.369 e. The molecule has 0 aromatic heterocycles. The first-order chi connectivity index (χ1) is 16.2. The molecule has 2 fully saturated rings. The van der Waals surface area contributed by atoms with E-state index >= 15 is 0 Å². The Balaban J connectivity index is 1.73. The quantitative estimate of drug-likeness (QED) is 0.417. The fourth-order valence-electron chi connectivity index (χ4n) is 8.53. The van der Waals surface area contributed by atoms with Gasteiger partial charge in [0.25, 0.3) is 0 Å². The lowest BCUT2D eigenvalue weighted by Crippen LogP contribution is -2.47. The zero-order chi connectivity index (χ0) is 25.6. The summed E-state index contributed by atoms with van der Waals surface area (Å²) in [5.74, 6) is 0.641. The van der Waals surface area contributed by atoms with Gasteiger partial charge in [-0.15, -0.1) is 0 Å². The predicted octanol–water partition coefficient (Wildman–Crippen LogP) is 8.77. The molecule has 1 aromatic rings. The van der Waals surface area contributed by atoms with Crippen molar-refractivity contribution in [3.8, 4) is 0 Å². The Labute approximate surface area is 217 Å². The molecule has 0 spiro atoms. The molecule has 2 heteroatoms. The summed E-state index contributed by atoms with van der Waals surface area (Å²) in [4.78, 5) is 5.36. The number of hydrogen-bond donors (Lipinski definition) is 0. The highest BCUT2D eigenvalue weighted by Gasteiger charge is 2.40. The van der Waals surface area contributed by atoms with Gasteiger partial charge in [0.15, 0.2) is 0 Å². The fraction of sp³-hybridized carbons (Fsp3) is 0.758. The third-order valence-electron chi connectivity index (χ3n) is 8.81. The van der Waals surface area contributed by atoms with Gasteiger partial charge in [-0.1, -0.05) is 74.5 Å². The molecule has 196 valence electrons. The number of nitrogens with zero attached hydrogens (tertiary/aromatic N) is 2. The van der Waals surface area contributed by atoms with Gasteiger partial charge in [-0.2, -0.15) is 0 Å². The molecule has 4 rings (SSSR count). The van der Waals surface area contributed by atoms with E-state index in [1.54, 1.807) is 11.1 Å². The molecule has 2 aliphatic carbocycles. The van der Waals surface area contributed by atoms with E-state index in [1.165, 1.54) is 69.4 Å². The molecule has 1 saturated carbocycles. The minimum absolute atomic E-state index is 0.264. The van der Waals surface area contributed by atoms with Gasteiger partial charge >= 0.3 is 0 Å². The van der Waals surface area contributed by atoms with Crippen molar-refractivity contribution < 1.29 is 0 Å². The normalized spacial score (nSPS) is 26.4. The lowest BCUT2D eigenvalue weighted by atomic mass is 9.60. The van der Waals surface area contributed by atoms with Gasteiger partial charge in [-0.05, 0) is 101 Å². The molecule has 1 aromatic carbocycles. The number of rotatable bonds is 5. The Morgan fingerprint density at radius 3 is 2.00 bits per heavy atom. The summed E-state index contributed by atoms with van der Waals surface area (Å²) in [6.07, 6.45) is 10.2. The van der Waals surface area contributed by atoms with Crippen LogP contribution in [0.25, 0.3) is 5.57 Å². The number of hydrogen-bond acceptors (Lipinski definition) is 2. The summed E-state index contributed by atoms with van der Waals surface area (Å²) < 4.78 is 0. The van der Waals surface area contributed by atoms with Gasteiger partial charge in [0.05, 0.1) is 0 Å². The van der Waals surface area contributed by atoms with Gasteiger partial charge in [-0.3, -0.25) is 4.90 Å². The lowest BCUT2D eigenvalue weighted by Gasteiger charge is -2.46. The van der Waals surface area contributed by atoms with Gasteiger partial charge in [0.2, 0.25) is 0 Å². The molecule has 3 aliphatic rings. The smallest absolute Gasteiger partial charge is 0.0402 e. The molecule has 0 bridgehead atoms. The molecule has 0 radical (unpaired) electrons.